The van der Waals surface area contributed by atoms with E-state index in [-0.39, 0.29) is 0 Å². The first-order chi connectivity index (χ1) is 7.61. The highest BCUT2D eigenvalue weighted by Crippen LogP contribution is 2.37. The third kappa shape index (κ3) is 2.61. The van der Waals surface area contributed by atoms with Crippen LogP contribution in [0.2, 0.25) is 0 Å². The van der Waals surface area contributed by atoms with Gasteiger partial charge in [-0.3, -0.25) is 0 Å². The molecule has 0 saturated carbocycles. The number of nitrogens with one attached hydrogen (secondary N) is 1. The van der Waals surface area contributed by atoms with Crippen molar-refractivity contribution in [3.8, 4) is 0 Å². The van der Waals surface area contributed by atoms with Gasteiger partial charge < -0.3 is 9.84 Å². The topological polar surface area (TPSA) is 38.1 Å². The van der Waals surface area contributed by atoms with Crippen LogP contribution in [0.3, 0.4) is 0 Å². The Morgan fingerprint density at radius 2 is 2.31 bits per heavy atom. The maximum Gasteiger partial charge on any atom is 0.138 e. The first-order valence-corrected chi connectivity index (χ1v) is 6.86. The van der Waals surface area contributed by atoms with Crippen LogP contribution in [0.4, 0.5) is 0 Å². The van der Waals surface area contributed by atoms with E-state index in [0.717, 1.165) is 24.5 Å². The van der Waals surface area contributed by atoms with E-state index < -0.39 is 0 Å². The lowest BCUT2D eigenvalue weighted by Crippen LogP contribution is -2.32. The average Bonchev–Trinajstić information content (AvgIpc) is 2.79. The van der Waals surface area contributed by atoms with Crippen LogP contribution in [-0.2, 0) is 6.54 Å². The largest absolute Gasteiger partial charge is 0.361 e. The lowest BCUT2D eigenvalue weighted by Gasteiger charge is -2.22. The Balaban J connectivity index is 1.84. The Morgan fingerprint density at radius 3 is 2.88 bits per heavy atom. The number of rotatable bonds is 4. The number of nitrogens with zero attached hydrogens (tertiary/aromatic N) is 1. The van der Waals surface area contributed by atoms with Crippen LogP contribution in [0.25, 0.3) is 0 Å². The minimum Gasteiger partial charge on any atom is -0.361 e. The van der Waals surface area contributed by atoms with Crippen molar-refractivity contribution in [1.82, 2.24) is 10.5 Å². The van der Waals surface area contributed by atoms with Gasteiger partial charge in [-0.15, -0.1) is 0 Å². The SMILES string of the molecule is Cc1noc(C)c1CNCC1(C)CCCS1. The van der Waals surface area contributed by atoms with Crippen molar-refractivity contribution in [2.24, 2.45) is 0 Å². The summed E-state index contributed by atoms with van der Waals surface area (Å²) in [5.41, 5.74) is 2.22. The van der Waals surface area contributed by atoms with Gasteiger partial charge in [0, 0.05) is 23.4 Å². The molecule has 0 aliphatic carbocycles. The molecule has 0 amide bonds. The molecule has 2 rings (SSSR count). The molecule has 2 heterocycles. The van der Waals surface area contributed by atoms with Gasteiger partial charge in [0.1, 0.15) is 5.76 Å². The monoisotopic (exact) mass is 240 g/mol. The minimum absolute atomic E-state index is 0.430. The molecule has 1 aliphatic heterocycles. The van der Waals surface area contributed by atoms with Crippen molar-refractivity contribution < 1.29 is 4.52 Å². The molecule has 16 heavy (non-hydrogen) atoms. The number of thioether (sulfide) groups is 1. The Labute approximate surface area is 101 Å². The molecule has 1 N–H and O–H groups in total. The van der Waals surface area contributed by atoms with Crippen LogP contribution < -0.4 is 5.32 Å². The molecular weight excluding hydrogens is 220 g/mol. The smallest absolute Gasteiger partial charge is 0.138 e. The second kappa shape index (κ2) is 4.80. The van der Waals surface area contributed by atoms with Crippen molar-refractivity contribution in [1.29, 1.82) is 0 Å². The predicted octanol–water partition coefficient (Wildman–Crippen LogP) is 2.67. The molecule has 1 aromatic heterocycles. The summed E-state index contributed by atoms with van der Waals surface area (Å²) in [6.07, 6.45) is 2.68. The van der Waals surface area contributed by atoms with Crippen LogP contribution in [0, 0.1) is 13.8 Å². The first-order valence-electron chi connectivity index (χ1n) is 5.87. The van der Waals surface area contributed by atoms with Crippen LogP contribution in [0.1, 0.15) is 36.8 Å². The molecule has 0 spiro atoms. The van der Waals surface area contributed by atoms with E-state index in [1.807, 2.05) is 13.8 Å². The van der Waals surface area contributed by atoms with E-state index >= 15 is 0 Å². The zero-order chi connectivity index (χ0) is 11.6. The highest BCUT2D eigenvalue weighted by atomic mass is 32.2. The molecule has 1 fully saturated rings. The highest BCUT2D eigenvalue weighted by Gasteiger charge is 2.28. The first kappa shape index (κ1) is 12.0. The summed E-state index contributed by atoms with van der Waals surface area (Å²) in [5.74, 6) is 2.25. The van der Waals surface area contributed by atoms with Crippen molar-refractivity contribution in [2.75, 3.05) is 12.3 Å². The molecule has 1 saturated heterocycles. The van der Waals surface area contributed by atoms with Crippen molar-refractivity contribution in [2.45, 2.75) is 44.9 Å². The Kier molecular flexibility index (Phi) is 3.60. The van der Waals surface area contributed by atoms with E-state index in [0.29, 0.717) is 4.75 Å². The van der Waals surface area contributed by atoms with Gasteiger partial charge >= 0.3 is 0 Å². The van der Waals surface area contributed by atoms with E-state index in [1.165, 1.54) is 24.2 Å². The molecule has 4 heteroatoms. The van der Waals surface area contributed by atoms with E-state index in [9.17, 15) is 0 Å². The lowest BCUT2D eigenvalue weighted by atomic mass is 10.1. The third-order valence-corrected chi connectivity index (χ3v) is 4.82. The summed E-state index contributed by atoms with van der Waals surface area (Å²) < 4.78 is 5.58. The number of hydrogen-bond donors (Lipinski definition) is 1. The van der Waals surface area contributed by atoms with Crippen LogP contribution in [0.15, 0.2) is 4.52 Å². The van der Waals surface area contributed by atoms with Crippen molar-refractivity contribution in [3.05, 3.63) is 17.0 Å². The number of hydrogen-bond acceptors (Lipinski definition) is 4. The Bertz CT molecular complexity index is 336. The van der Waals surface area contributed by atoms with E-state index in [1.54, 1.807) is 0 Å². The minimum atomic E-state index is 0.430. The summed E-state index contributed by atoms with van der Waals surface area (Å²) in [6, 6.07) is 0. The molecule has 1 aliphatic rings. The maximum atomic E-state index is 5.15. The molecular formula is C12H20N2OS. The normalized spacial score (nSPS) is 25.2. The van der Waals surface area contributed by atoms with E-state index in [2.05, 4.69) is 29.2 Å². The zero-order valence-electron chi connectivity index (χ0n) is 10.3. The van der Waals surface area contributed by atoms with Gasteiger partial charge in [-0.05, 0) is 39.4 Å². The summed E-state index contributed by atoms with van der Waals surface area (Å²) in [7, 11) is 0. The fourth-order valence-corrected chi connectivity index (χ4v) is 3.46. The maximum absolute atomic E-state index is 5.15. The number of aryl methyl sites for hydroxylation is 2. The summed E-state index contributed by atoms with van der Waals surface area (Å²) in [6.45, 7) is 8.27. The van der Waals surface area contributed by atoms with Gasteiger partial charge in [0.25, 0.3) is 0 Å². The molecule has 0 radical (unpaired) electrons. The van der Waals surface area contributed by atoms with Crippen LogP contribution in [-0.4, -0.2) is 22.2 Å². The van der Waals surface area contributed by atoms with Gasteiger partial charge in [0.2, 0.25) is 0 Å². The fraction of sp³-hybridized carbons (Fsp3) is 0.750. The molecule has 90 valence electrons. The fourth-order valence-electron chi connectivity index (χ4n) is 2.18. The van der Waals surface area contributed by atoms with Gasteiger partial charge in [0.05, 0.1) is 5.69 Å². The predicted molar refractivity (Wildman–Crippen MR) is 67.8 cm³/mol. The third-order valence-electron chi connectivity index (χ3n) is 3.28. The molecule has 0 aromatic carbocycles. The van der Waals surface area contributed by atoms with Crippen molar-refractivity contribution in [3.63, 3.8) is 0 Å². The molecule has 3 nitrogen and oxygen atoms in total. The van der Waals surface area contributed by atoms with E-state index in [4.69, 9.17) is 4.52 Å². The summed E-state index contributed by atoms with van der Waals surface area (Å²) >= 11 is 2.09. The van der Waals surface area contributed by atoms with Gasteiger partial charge in [-0.25, -0.2) is 0 Å². The standard InChI is InChI=1S/C12H20N2OS/c1-9-11(10(2)15-14-9)7-13-8-12(3)5-4-6-16-12/h13H,4-8H2,1-3H3. The second-order valence-corrected chi connectivity index (χ2v) is 6.49. The quantitative estimate of drug-likeness (QED) is 0.878. The Hall–Kier alpha value is -0.480. The number of aromatic nitrogens is 1. The van der Waals surface area contributed by atoms with Crippen molar-refractivity contribution >= 4 is 11.8 Å². The summed E-state index contributed by atoms with van der Waals surface area (Å²) in [5, 5.41) is 7.49. The van der Waals surface area contributed by atoms with Gasteiger partial charge in [0.15, 0.2) is 0 Å². The molecule has 1 aromatic rings. The molecule has 0 bridgehead atoms. The molecule has 1 atom stereocenters. The zero-order valence-corrected chi connectivity index (χ0v) is 11.1. The van der Waals surface area contributed by atoms with Crippen LogP contribution in [0.5, 0.6) is 0 Å². The summed E-state index contributed by atoms with van der Waals surface area (Å²) in [4.78, 5) is 0. The second-order valence-electron chi connectivity index (χ2n) is 4.81. The highest BCUT2D eigenvalue weighted by molar-refractivity contribution is 8.00. The lowest BCUT2D eigenvalue weighted by molar-refractivity contribution is 0.391. The average molecular weight is 240 g/mol. The van der Waals surface area contributed by atoms with Gasteiger partial charge in [-0.1, -0.05) is 5.16 Å². The molecule has 1 unspecified atom stereocenters. The van der Waals surface area contributed by atoms with Gasteiger partial charge in [-0.2, -0.15) is 11.8 Å². The Morgan fingerprint density at radius 1 is 1.50 bits per heavy atom. The van der Waals surface area contributed by atoms with Crippen LogP contribution >= 0.6 is 11.8 Å².